The molecule has 0 aromatic carbocycles. The van der Waals surface area contributed by atoms with E-state index in [0.29, 0.717) is 0 Å². The molecule has 78 valence electrons. The highest BCUT2D eigenvalue weighted by Crippen LogP contribution is 2.16. The van der Waals surface area contributed by atoms with Gasteiger partial charge in [-0.2, -0.15) is 0 Å². The molecule has 14 heavy (non-hydrogen) atoms. The van der Waals surface area contributed by atoms with Crippen molar-refractivity contribution in [2.75, 3.05) is 4.72 Å². The van der Waals surface area contributed by atoms with E-state index in [1.165, 1.54) is 12.4 Å². The summed E-state index contributed by atoms with van der Waals surface area (Å²) in [4.78, 5) is 7.46. The predicted octanol–water partition coefficient (Wildman–Crippen LogP) is 1.28. The first kappa shape index (κ1) is 11.2. The topological polar surface area (TPSA) is 72.0 Å². The summed E-state index contributed by atoms with van der Waals surface area (Å²) in [5.41, 5.74) is 0. The zero-order chi connectivity index (χ0) is 10.8. The third-order valence-corrected chi connectivity index (χ3v) is 3.51. The number of aromatic nitrogens is 2. The molecule has 0 aliphatic carbocycles. The molecule has 1 N–H and O–H groups in total. The van der Waals surface area contributed by atoms with Crippen LogP contribution in [0.2, 0.25) is 5.15 Å². The fourth-order valence-electron chi connectivity index (χ4n) is 0.642. The Hall–Kier alpha value is -0.880. The molecule has 0 spiro atoms. The van der Waals surface area contributed by atoms with Crippen LogP contribution in [0.4, 0.5) is 5.82 Å². The Morgan fingerprint density at radius 1 is 1.36 bits per heavy atom. The van der Waals surface area contributed by atoms with Crippen LogP contribution in [0.3, 0.4) is 0 Å². The van der Waals surface area contributed by atoms with Gasteiger partial charge in [0.2, 0.25) is 10.0 Å². The molecule has 0 saturated heterocycles. The van der Waals surface area contributed by atoms with E-state index < -0.39 is 15.3 Å². The Balaban J connectivity index is 2.96. The summed E-state index contributed by atoms with van der Waals surface area (Å²) >= 11 is 5.63. The van der Waals surface area contributed by atoms with Gasteiger partial charge in [0.15, 0.2) is 11.0 Å². The van der Waals surface area contributed by atoms with Crippen molar-refractivity contribution in [2.24, 2.45) is 0 Å². The molecule has 7 heteroatoms. The van der Waals surface area contributed by atoms with Crippen molar-refractivity contribution < 1.29 is 8.42 Å². The number of hydrogen-bond donors (Lipinski definition) is 1. The molecule has 0 radical (unpaired) electrons. The molecule has 0 amide bonds. The molecule has 0 atom stereocenters. The lowest BCUT2D eigenvalue weighted by Crippen LogP contribution is -2.23. The van der Waals surface area contributed by atoms with Crippen LogP contribution in [0.15, 0.2) is 12.4 Å². The van der Waals surface area contributed by atoms with Crippen molar-refractivity contribution in [1.82, 2.24) is 9.97 Å². The molecule has 1 aromatic heterocycles. The van der Waals surface area contributed by atoms with Crippen LogP contribution in [0.1, 0.15) is 13.8 Å². The predicted molar refractivity (Wildman–Crippen MR) is 54.7 cm³/mol. The molecule has 0 saturated carbocycles. The fourth-order valence-corrected chi connectivity index (χ4v) is 1.51. The average molecular weight is 236 g/mol. The lowest BCUT2D eigenvalue weighted by atomic mass is 10.6. The van der Waals surface area contributed by atoms with Crippen molar-refractivity contribution >= 4 is 27.4 Å². The van der Waals surface area contributed by atoms with Gasteiger partial charge in [-0.15, -0.1) is 0 Å². The number of sulfonamides is 1. The van der Waals surface area contributed by atoms with E-state index >= 15 is 0 Å². The Bertz CT molecular complexity index is 419. The zero-order valence-corrected chi connectivity index (χ0v) is 9.30. The van der Waals surface area contributed by atoms with E-state index in [-0.39, 0.29) is 11.0 Å². The van der Waals surface area contributed by atoms with E-state index in [2.05, 4.69) is 14.7 Å². The Labute approximate surface area is 87.6 Å². The van der Waals surface area contributed by atoms with Crippen LogP contribution in [-0.4, -0.2) is 23.6 Å². The smallest absolute Gasteiger partial charge is 0.236 e. The molecular formula is C7H10ClN3O2S. The summed E-state index contributed by atoms with van der Waals surface area (Å²) in [5, 5.41) is -0.503. The molecule has 1 aromatic rings. The summed E-state index contributed by atoms with van der Waals surface area (Å²) in [6, 6.07) is 0. The third-order valence-electron chi connectivity index (χ3n) is 1.51. The van der Waals surface area contributed by atoms with Gasteiger partial charge in [0.05, 0.1) is 5.25 Å². The normalized spacial score (nSPS) is 11.7. The number of nitrogens with zero attached hydrogens (tertiary/aromatic N) is 2. The molecule has 1 heterocycles. The van der Waals surface area contributed by atoms with E-state index in [0.717, 1.165) is 0 Å². The monoisotopic (exact) mass is 235 g/mol. The molecule has 1 rings (SSSR count). The minimum absolute atomic E-state index is 0.0386. The quantitative estimate of drug-likeness (QED) is 0.857. The van der Waals surface area contributed by atoms with Crippen molar-refractivity contribution in [1.29, 1.82) is 0 Å². The van der Waals surface area contributed by atoms with Crippen molar-refractivity contribution in [2.45, 2.75) is 19.1 Å². The van der Waals surface area contributed by atoms with Crippen molar-refractivity contribution in [3.63, 3.8) is 0 Å². The average Bonchev–Trinajstić information content (AvgIpc) is 2.08. The maximum Gasteiger partial charge on any atom is 0.236 e. The van der Waals surface area contributed by atoms with Gasteiger partial charge in [-0.25, -0.2) is 18.4 Å². The standard InChI is InChI=1S/C7H10ClN3O2S/c1-5(2)14(12,13)11-7-6(8)9-3-4-10-7/h3-5H,1-2H3,(H,10,11). The van der Waals surface area contributed by atoms with Gasteiger partial charge >= 0.3 is 0 Å². The van der Waals surface area contributed by atoms with Gasteiger partial charge in [0, 0.05) is 12.4 Å². The summed E-state index contributed by atoms with van der Waals surface area (Å²) in [7, 11) is -3.41. The minimum Gasteiger partial charge on any atom is -0.265 e. The van der Waals surface area contributed by atoms with E-state index in [1.54, 1.807) is 13.8 Å². The second-order valence-corrected chi connectivity index (χ2v) is 5.49. The van der Waals surface area contributed by atoms with Crippen LogP contribution < -0.4 is 4.72 Å². The largest absolute Gasteiger partial charge is 0.265 e. The van der Waals surface area contributed by atoms with Crippen molar-refractivity contribution in [3.8, 4) is 0 Å². The van der Waals surface area contributed by atoms with Crippen LogP contribution in [0, 0.1) is 0 Å². The van der Waals surface area contributed by atoms with Crippen LogP contribution >= 0.6 is 11.6 Å². The van der Waals surface area contributed by atoms with E-state index in [1.807, 2.05) is 0 Å². The van der Waals surface area contributed by atoms with Gasteiger partial charge in [-0.1, -0.05) is 11.6 Å². The first-order chi connectivity index (χ1) is 6.43. The second-order valence-electron chi connectivity index (χ2n) is 2.89. The third kappa shape index (κ3) is 2.55. The number of anilines is 1. The first-order valence-corrected chi connectivity index (χ1v) is 5.84. The van der Waals surface area contributed by atoms with Gasteiger partial charge in [-0.3, -0.25) is 4.72 Å². The lowest BCUT2D eigenvalue weighted by Gasteiger charge is -2.09. The number of rotatable bonds is 3. The molecular weight excluding hydrogens is 226 g/mol. The van der Waals surface area contributed by atoms with Gasteiger partial charge in [0.25, 0.3) is 0 Å². The number of nitrogens with one attached hydrogen (secondary N) is 1. The molecule has 0 aliphatic heterocycles. The van der Waals surface area contributed by atoms with E-state index in [9.17, 15) is 8.42 Å². The summed E-state index contributed by atoms with van der Waals surface area (Å²) < 4.78 is 25.1. The van der Waals surface area contributed by atoms with Gasteiger partial charge in [0.1, 0.15) is 0 Å². The highest BCUT2D eigenvalue weighted by molar-refractivity contribution is 7.93. The Kier molecular flexibility index (Phi) is 3.28. The number of hydrogen-bond acceptors (Lipinski definition) is 4. The summed E-state index contributed by atoms with van der Waals surface area (Å²) in [6.45, 7) is 3.12. The van der Waals surface area contributed by atoms with Crippen LogP contribution in [0.25, 0.3) is 0 Å². The number of halogens is 1. The molecule has 0 fully saturated rings. The van der Waals surface area contributed by atoms with Crippen molar-refractivity contribution in [3.05, 3.63) is 17.5 Å². The SMILES string of the molecule is CC(C)S(=O)(=O)Nc1nccnc1Cl. The highest BCUT2D eigenvalue weighted by Gasteiger charge is 2.17. The zero-order valence-electron chi connectivity index (χ0n) is 7.73. The maximum atomic E-state index is 11.4. The fraction of sp³-hybridized carbons (Fsp3) is 0.429. The second kappa shape index (κ2) is 4.10. The molecule has 5 nitrogen and oxygen atoms in total. The lowest BCUT2D eigenvalue weighted by molar-refractivity contribution is 0.592. The highest BCUT2D eigenvalue weighted by atomic mass is 35.5. The molecule has 0 aliphatic rings. The van der Waals surface area contributed by atoms with Crippen LogP contribution in [-0.2, 0) is 10.0 Å². The molecule has 0 bridgehead atoms. The first-order valence-electron chi connectivity index (χ1n) is 3.91. The summed E-state index contributed by atoms with van der Waals surface area (Å²) in [5.74, 6) is 0.0582. The van der Waals surface area contributed by atoms with Crippen LogP contribution in [0.5, 0.6) is 0 Å². The van der Waals surface area contributed by atoms with E-state index in [4.69, 9.17) is 11.6 Å². The summed E-state index contributed by atoms with van der Waals surface area (Å²) in [6.07, 6.45) is 2.75. The minimum atomic E-state index is -3.41. The Morgan fingerprint density at radius 2 is 1.93 bits per heavy atom. The maximum absolute atomic E-state index is 11.4. The molecule has 0 unspecified atom stereocenters. The van der Waals surface area contributed by atoms with Gasteiger partial charge < -0.3 is 0 Å². The Morgan fingerprint density at radius 3 is 2.43 bits per heavy atom. The van der Waals surface area contributed by atoms with Gasteiger partial charge in [-0.05, 0) is 13.8 Å².